The number of hydrogen-bond acceptors (Lipinski definition) is 2. The van der Waals surface area contributed by atoms with Crippen LogP contribution in [0.4, 0.5) is 0 Å². The van der Waals surface area contributed by atoms with Gasteiger partial charge < -0.3 is 5.11 Å². The van der Waals surface area contributed by atoms with Gasteiger partial charge in [0.1, 0.15) is 0 Å². The van der Waals surface area contributed by atoms with E-state index < -0.39 is 5.97 Å². The number of carbonyl (C=O) groups is 1. The Hall–Kier alpha value is -1.06. The summed E-state index contributed by atoms with van der Waals surface area (Å²) in [6, 6.07) is 5.67. The molecule has 100 valence electrons. The van der Waals surface area contributed by atoms with E-state index in [0.717, 1.165) is 24.2 Å². The van der Waals surface area contributed by atoms with Crippen molar-refractivity contribution in [3.8, 4) is 0 Å². The Morgan fingerprint density at radius 2 is 2.00 bits per heavy atom. The van der Waals surface area contributed by atoms with Crippen molar-refractivity contribution < 1.29 is 9.90 Å². The van der Waals surface area contributed by atoms with E-state index >= 15 is 0 Å². The van der Waals surface area contributed by atoms with Crippen LogP contribution in [0.1, 0.15) is 37.4 Å². The highest BCUT2D eigenvalue weighted by Gasteiger charge is 2.21. The Morgan fingerprint density at radius 1 is 1.39 bits per heavy atom. The smallest absolute Gasteiger partial charge is 0.305 e. The number of carboxylic acid groups (broad SMARTS) is 1. The summed E-state index contributed by atoms with van der Waals surface area (Å²) in [7, 11) is 0. The van der Waals surface area contributed by atoms with Crippen molar-refractivity contribution in [1.82, 2.24) is 4.90 Å². The number of hydrogen-bond donors (Lipinski definition) is 1. The molecule has 0 aliphatic heterocycles. The maximum atomic E-state index is 11.0. The number of carboxylic acids is 1. The number of halogens is 1. The molecule has 0 aliphatic carbocycles. The van der Waals surface area contributed by atoms with Crippen LogP contribution in [0, 0.1) is 6.92 Å². The lowest BCUT2D eigenvalue weighted by atomic mass is 10.0. The molecule has 0 fully saturated rings. The highest BCUT2D eigenvalue weighted by molar-refractivity contribution is 6.31. The minimum atomic E-state index is -0.788. The average molecular weight is 270 g/mol. The molecule has 0 saturated heterocycles. The molecule has 1 N–H and O–H groups in total. The molecule has 0 radical (unpaired) electrons. The van der Waals surface area contributed by atoms with E-state index in [1.165, 1.54) is 0 Å². The lowest BCUT2D eigenvalue weighted by Gasteiger charge is -2.29. The second-order valence-electron chi connectivity index (χ2n) is 4.34. The van der Waals surface area contributed by atoms with Crippen LogP contribution in [-0.4, -0.2) is 29.1 Å². The molecular weight excluding hydrogens is 250 g/mol. The molecule has 0 amide bonds. The summed E-state index contributed by atoms with van der Waals surface area (Å²) in [5.41, 5.74) is 1.98. The van der Waals surface area contributed by atoms with Gasteiger partial charge >= 0.3 is 5.97 Å². The van der Waals surface area contributed by atoms with Gasteiger partial charge in [-0.25, -0.2) is 0 Å². The summed E-state index contributed by atoms with van der Waals surface area (Å²) < 4.78 is 0. The number of nitrogens with zero attached hydrogens (tertiary/aromatic N) is 1. The van der Waals surface area contributed by atoms with Gasteiger partial charge in [-0.2, -0.15) is 0 Å². The fourth-order valence-electron chi connectivity index (χ4n) is 2.10. The van der Waals surface area contributed by atoms with E-state index in [1.54, 1.807) is 0 Å². The number of benzene rings is 1. The number of aryl methyl sites for hydroxylation is 1. The van der Waals surface area contributed by atoms with E-state index in [-0.39, 0.29) is 12.5 Å². The van der Waals surface area contributed by atoms with E-state index in [1.807, 2.05) is 39.0 Å². The van der Waals surface area contributed by atoms with Crippen molar-refractivity contribution in [3.63, 3.8) is 0 Å². The van der Waals surface area contributed by atoms with Gasteiger partial charge in [-0.15, -0.1) is 0 Å². The molecule has 0 aliphatic rings. The van der Waals surface area contributed by atoms with Crippen LogP contribution >= 0.6 is 11.6 Å². The topological polar surface area (TPSA) is 40.5 Å². The van der Waals surface area contributed by atoms with Crippen molar-refractivity contribution in [3.05, 3.63) is 34.3 Å². The van der Waals surface area contributed by atoms with E-state index in [4.69, 9.17) is 16.7 Å². The van der Waals surface area contributed by atoms with Crippen LogP contribution in [0.15, 0.2) is 18.2 Å². The van der Waals surface area contributed by atoms with Crippen LogP contribution in [0.2, 0.25) is 5.02 Å². The highest BCUT2D eigenvalue weighted by Crippen LogP contribution is 2.27. The van der Waals surface area contributed by atoms with E-state index in [9.17, 15) is 4.79 Å². The maximum Gasteiger partial charge on any atom is 0.305 e. The summed E-state index contributed by atoms with van der Waals surface area (Å²) in [6.07, 6.45) is 0.0983. The van der Waals surface area contributed by atoms with Gasteiger partial charge in [0.15, 0.2) is 0 Å². The zero-order chi connectivity index (χ0) is 13.7. The van der Waals surface area contributed by atoms with Crippen LogP contribution < -0.4 is 0 Å². The molecule has 0 aromatic heterocycles. The first-order valence-corrected chi connectivity index (χ1v) is 6.59. The molecule has 1 aromatic carbocycles. The molecule has 0 bridgehead atoms. The first-order valence-electron chi connectivity index (χ1n) is 6.21. The Kier molecular flexibility index (Phi) is 5.63. The lowest BCUT2D eigenvalue weighted by Crippen LogP contribution is -2.30. The molecular formula is C14H20ClNO2. The standard InChI is InChI=1S/C14H20ClNO2/c1-4-16(5-2)13(9-14(17)18)11-7-6-10(3)12(15)8-11/h6-8,13H,4-5,9H2,1-3H3,(H,17,18). The summed E-state index contributed by atoms with van der Waals surface area (Å²) in [5.74, 6) is -0.788. The molecule has 1 aromatic rings. The molecule has 1 unspecified atom stereocenters. The highest BCUT2D eigenvalue weighted by atomic mass is 35.5. The van der Waals surface area contributed by atoms with Crippen LogP contribution in [-0.2, 0) is 4.79 Å². The monoisotopic (exact) mass is 269 g/mol. The van der Waals surface area contributed by atoms with Crippen molar-refractivity contribution in [2.24, 2.45) is 0 Å². The molecule has 1 atom stereocenters. The lowest BCUT2D eigenvalue weighted by molar-refractivity contribution is -0.138. The van der Waals surface area contributed by atoms with Crippen molar-refractivity contribution in [1.29, 1.82) is 0 Å². The minimum absolute atomic E-state index is 0.0983. The predicted octanol–water partition coefficient (Wildman–Crippen LogP) is 3.51. The molecule has 18 heavy (non-hydrogen) atoms. The normalized spacial score (nSPS) is 12.7. The van der Waals surface area contributed by atoms with Gasteiger partial charge in [0, 0.05) is 11.1 Å². The molecule has 0 spiro atoms. The van der Waals surface area contributed by atoms with E-state index in [0.29, 0.717) is 5.02 Å². The fourth-order valence-corrected chi connectivity index (χ4v) is 2.29. The van der Waals surface area contributed by atoms with Crippen molar-refractivity contribution in [2.45, 2.75) is 33.2 Å². The maximum absolute atomic E-state index is 11.0. The Labute approximate surface area is 113 Å². The predicted molar refractivity (Wildman–Crippen MR) is 74.1 cm³/mol. The SMILES string of the molecule is CCN(CC)C(CC(=O)O)c1ccc(C)c(Cl)c1. The summed E-state index contributed by atoms with van der Waals surface area (Å²) in [5, 5.41) is 9.74. The van der Waals surface area contributed by atoms with Gasteiger partial charge in [-0.3, -0.25) is 9.69 Å². The van der Waals surface area contributed by atoms with Crippen LogP contribution in [0.5, 0.6) is 0 Å². The second-order valence-corrected chi connectivity index (χ2v) is 4.75. The summed E-state index contributed by atoms with van der Waals surface area (Å²) in [4.78, 5) is 13.1. The minimum Gasteiger partial charge on any atom is -0.481 e. The van der Waals surface area contributed by atoms with Gasteiger partial charge in [-0.05, 0) is 37.2 Å². The Balaban J connectivity index is 3.07. The Bertz CT molecular complexity index is 416. The Morgan fingerprint density at radius 3 is 2.44 bits per heavy atom. The third-order valence-corrected chi connectivity index (χ3v) is 3.61. The van der Waals surface area contributed by atoms with Gasteiger partial charge in [0.25, 0.3) is 0 Å². The van der Waals surface area contributed by atoms with Gasteiger partial charge in [-0.1, -0.05) is 37.6 Å². The molecule has 0 saturated carbocycles. The van der Waals surface area contributed by atoms with Crippen LogP contribution in [0.3, 0.4) is 0 Å². The molecule has 0 heterocycles. The summed E-state index contributed by atoms with van der Waals surface area (Å²) in [6.45, 7) is 7.65. The number of aliphatic carboxylic acids is 1. The largest absolute Gasteiger partial charge is 0.481 e. The van der Waals surface area contributed by atoms with Crippen LogP contribution in [0.25, 0.3) is 0 Å². The number of rotatable bonds is 6. The van der Waals surface area contributed by atoms with Gasteiger partial charge in [0.05, 0.1) is 6.42 Å². The average Bonchev–Trinajstić information content (AvgIpc) is 2.32. The molecule has 1 rings (SSSR count). The first-order chi connectivity index (χ1) is 8.49. The zero-order valence-corrected chi connectivity index (χ0v) is 11.9. The third kappa shape index (κ3) is 3.72. The molecule has 3 nitrogen and oxygen atoms in total. The van der Waals surface area contributed by atoms with Crippen molar-refractivity contribution in [2.75, 3.05) is 13.1 Å². The third-order valence-electron chi connectivity index (χ3n) is 3.20. The van der Waals surface area contributed by atoms with Crippen molar-refractivity contribution >= 4 is 17.6 Å². The van der Waals surface area contributed by atoms with Gasteiger partial charge in [0.2, 0.25) is 0 Å². The quantitative estimate of drug-likeness (QED) is 0.859. The zero-order valence-electron chi connectivity index (χ0n) is 11.1. The fraction of sp³-hybridized carbons (Fsp3) is 0.500. The van der Waals surface area contributed by atoms with E-state index in [2.05, 4.69) is 4.90 Å². The summed E-state index contributed by atoms with van der Waals surface area (Å²) >= 11 is 6.12. The molecule has 4 heteroatoms. The first kappa shape index (κ1) is 15.0. The second kappa shape index (κ2) is 6.76.